The van der Waals surface area contributed by atoms with Gasteiger partial charge in [-0.05, 0) is 31.0 Å². The van der Waals surface area contributed by atoms with Gasteiger partial charge >= 0.3 is 0 Å². The topological polar surface area (TPSA) is 52.0 Å². The standard InChI is InChI=1S/C16H24N4O/c1-4-10-20-15(8-9-19-20)14(17-5-2)11-13-6-7-16(21-3)18-12-13/h6-9,12,14,17H,4-5,10-11H2,1-3H3. The third-order valence-electron chi connectivity index (χ3n) is 3.44. The molecule has 2 aromatic heterocycles. The van der Waals surface area contributed by atoms with E-state index >= 15 is 0 Å². The van der Waals surface area contributed by atoms with E-state index in [4.69, 9.17) is 4.74 Å². The number of nitrogens with one attached hydrogen (secondary N) is 1. The molecule has 1 unspecified atom stereocenters. The highest BCUT2D eigenvalue weighted by Crippen LogP contribution is 2.19. The van der Waals surface area contributed by atoms with Crippen molar-refractivity contribution >= 4 is 0 Å². The lowest BCUT2D eigenvalue weighted by molar-refractivity contribution is 0.397. The lowest BCUT2D eigenvalue weighted by Crippen LogP contribution is -2.26. The van der Waals surface area contributed by atoms with Crippen molar-refractivity contribution in [3.63, 3.8) is 0 Å². The van der Waals surface area contributed by atoms with E-state index in [-0.39, 0.29) is 6.04 Å². The molecule has 1 N–H and O–H groups in total. The maximum Gasteiger partial charge on any atom is 0.212 e. The van der Waals surface area contributed by atoms with Crippen molar-refractivity contribution in [3.05, 3.63) is 41.9 Å². The van der Waals surface area contributed by atoms with Crippen molar-refractivity contribution in [1.82, 2.24) is 20.1 Å². The molecule has 0 radical (unpaired) electrons. The van der Waals surface area contributed by atoms with Gasteiger partial charge < -0.3 is 10.1 Å². The number of likely N-dealkylation sites (N-methyl/N-ethyl adjacent to an activating group) is 1. The number of hydrogen-bond donors (Lipinski definition) is 1. The molecule has 114 valence electrons. The predicted octanol–water partition coefficient (Wildman–Crippen LogP) is 2.59. The summed E-state index contributed by atoms with van der Waals surface area (Å²) < 4.78 is 7.19. The Labute approximate surface area is 126 Å². The first-order valence-electron chi connectivity index (χ1n) is 7.52. The van der Waals surface area contributed by atoms with Crippen LogP contribution in [-0.4, -0.2) is 28.4 Å². The smallest absolute Gasteiger partial charge is 0.212 e. The van der Waals surface area contributed by atoms with E-state index in [2.05, 4.69) is 46.1 Å². The van der Waals surface area contributed by atoms with Crippen LogP contribution in [0.3, 0.4) is 0 Å². The third kappa shape index (κ3) is 4.04. The SMILES string of the molecule is CCCn1nccc1C(Cc1ccc(OC)nc1)NCC. The fourth-order valence-corrected chi connectivity index (χ4v) is 2.45. The molecular weight excluding hydrogens is 264 g/mol. The summed E-state index contributed by atoms with van der Waals surface area (Å²) in [5.74, 6) is 0.648. The molecule has 1 atom stereocenters. The first kappa shape index (κ1) is 15.5. The number of aryl methyl sites for hydroxylation is 1. The van der Waals surface area contributed by atoms with Gasteiger partial charge in [0.05, 0.1) is 18.8 Å². The molecule has 2 heterocycles. The van der Waals surface area contributed by atoms with Gasteiger partial charge in [-0.15, -0.1) is 0 Å². The first-order chi connectivity index (χ1) is 10.3. The van der Waals surface area contributed by atoms with Crippen LogP contribution in [0, 0.1) is 0 Å². The Kier molecular flexibility index (Phi) is 5.75. The molecule has 0 saturated heterocycles. The maximum absolute atomic E-state index is 5.10. The average Bonchev–Trinajstić information content (AvgIpc) is 2.96. The average molecular weight is 288 g/mol. The van der Waals surface area contributed by atoms with E-state index in [0.717, 1.165) is 25.9 Å². The van der Waals surface area contributed by atoms with Crippen LogP contribution in [0.5, 0.6) is 5.88 Å². The zero-order chi connectivity index (χ0) is 15.1. The molecule has 0 spiro atoms. The second kappa shape index (κ2) is 7.78. The summed E-state index contributed by atoms with van der Waals surface area (Å²) in [6, 6.07) is 6.32. The molecule has 21 heavy (non-hydrogen) atoms. The number of pyridine rings is 1. The Morgan fingerprint density at radius 1 is 1.29 bits per heavy atom. The van der Waals surface area contributed by atoms with Crippen LogP contribution in [0.1, 0.15) is 37.6 Å². The molecule has 0 aliphatic rings. The number of methoxy groups -OCH3 is 1. The van der Waals surface area contributed by atoms with E-state index in [1.807, 2.05) is 18.5 Å². The van der Waals surface area contributed by atoms with Crippen molar-refractivity contribution in [1.29, 1.82) is 0 Å². The van der Waals surface area contributed by atoms with Crippen LogP contribution >= 0.6 is 0 Å². The van der Waals surface area contributed by atoms with Gasteiger partial charge in [-0.1, -0.05) is 19.9 Å². The summed E-state index contributed by atoms with van der Waals surface area (Å²) in [5.41, 5.74) is 2.42. The van der Waals surface area contributed by atoms with Crippen molar-refractivity contribution in [3.8, 4) is 5.88 Å². The van der Waals surface area contributed by atoms with E-state index in [1.54, 1.807) is 7.11 Å². The van der Waals surface area contributed by atoms with Gasteiger partial charge in [0, 0.05) is 25.0 Å². The Hall–Kier alpha value is -1.88. The van der Waals surface area contributed by atoms with E-state index in [0.29, 0.717) is 5.88 Å². The zero-order valence-electron chi connectivity index (χ0n) is 13.0. The van der Waals surface area contributed by atoms with Crippen LogP contribution in [0.25, 0.3) is 0 Å². The monoisotopic (exact) mass is 288 g/mol. The minimum absolute atomic E-state index is 0.249. The number of aromatic nitrogens is 3. The highest BCUT2D eigenvalue weighted by atomic mass is 16.5. The number of nitrogens with zero attached hydrogens (tertiary/aromatic N) is 3. The predicted molar refractivity (Wildman–Crippen MR) is 83.4 cm³/mol. The van der Waals surface area contributed by atoms with Crippen molar-refractivity contribution in [2.45, 2.75) is 39.3 Å². The second-order valence-corrected chi connectivity index (χ2v) is 5.00. The summed E-state index contributed by atoms with van der Waals surface area (Å²) in [6.45, 7) is 6.16. The molecule has 0 amide bonds. The first-order valence-corrected chi connectivity index (χ1v) is 7.52. The summed E-state index contributed by atoms with van der Waals surface area (Å²) in [7, 11) is 1.63. The van der Waals surface area contributed by atoms with Crippen LogP contribution in [0.15, 0.2) is 30.6 Å². The molecular formula is C16H24N4O. The van der Waals surface area contributed by atoms with Crippen LogP contribution in [0.4, 0.5) is 0 Å². The highest BCUT2D eigenvalue weighted by Gasteiger charge is 2.16. The van der Waals surface area contributed by atoms with Gasteiger partial charge in [-0.2, -0.15) is 5.10 Å². The van der Waals surface area contributed by atoms with Crippen LogP contribution in [0.2, 0.25) is 0 Å². The molecule has 5 nitrogen and oxygen atoms in total. The van der Waals surface area contributed by atoms with E-state index in [1.165, 1.54) is 11.3 Å². The third-order valence-corrected chi connectivity index (χ3v) is 3.44. The Morgan fingerprint density at radius 3 is 2.76 bits per heavy atom. The summed E-state index contributed by atoms with van der Waals surface area (Å²) in [5, 5.41) is 7.96. The van der Waals surface area contributed by atoms with Crippen molar-refractivity contribution in [2.75, 3.05) is 13.7 Å². The minimum Gasteiger partial charge on any atom is -0.481 e. The van der Waals surface area contributed by atoms with Crippen molar-refractivity contribution in [2.24, 2.45) is 0 Å². The molecule has 0 aliphatic heterocycles. The minimum atomic E-state index is 0.249. The molecule has 0 aliphatic carbocycles. The van der Waals surface area contributed by atoms with Gasteiger partial charge in [-0.25, -0.2) is 4.98 Å². The molecule has 0 fully saturated rings. The van der Waals surface area contributed by atoms with Gasteiger partial charge in [0.1, 0.15) is 0 Å². The molecule has 5 heteroatoms. The lowest BCUT2D eigenvalue weighted by Gasteiger charge is -2.19. The summed E-state index contributed by atoms with van der Waals surface area (Å²) in [4.78, 5) is 4.28. The zero-order valence-corrected chi connectivity index (χ0v) is 13.0. The molecule has 2 aromatic rings. The number of ether oxygens (including phenoxy) is 1. The van der Waals surface area contributed by atoms with E-state index in [9.17, 15) is 0 Å². The summed E-state index contributed by atoms with van der Waals surface area (Å²) in [6.07, 6.45) is 5.73. The van der Waals surface area contributed by atoms with Crippen LogP contribution < -0.4 is 10.1 Å². The lowest BCUT2D eigenvalue weighted by atomic mass is 10.0. The number of hydrogen-bond acceptors (Lipinski definition) is 4. The van der Waals surface area contributed by atoms with Gasteiger partial charge in [-0.3, -0.25) is 4.68 Å². The quantitative estimate of drug-likeness (QED) is 0.811. The van der Waals surface area contributed by atoms with E-state index < -0.39 is 0 Å². The molecule has 0 saturated carbocycles. The van der Waals surface area contributed by atoms with Crippen molar-refractivity contribution < 1.29 is 4.74 Å². The van der Waals surface area contributed by atoms with Gasteiger partial charge in [0.25, 0.3) is 0 Å². The fourth-order valence-electron chi connectivity index (χ4n) is 2.45. The maximum atomic E-state index is 5.10. The fraction of sp³-hybridized carbons (Fsp3) is 0.500. The number of rotatable bonds is 8. The molecule has 2 rings (SSSR count). The van der Waals surface area contributed by atoms with Crippen LogP contribution in [-0.2, 0) is 13.0 Å². The normalized spacial score (nSPS) is 12.3. The highest BCUT2D eigenvalue weighted by molar-refractivity contribution is 5.21. The molecule has 0 aromatic carbocycles. The largest absolute Gasteiger partial charge is 0.481 e. The molecule has 0 bridgehead atoms. The Balaban J connectivity index is 2.15. The second-order valence-electron chi connectivity index (χ2n) is 5.00. The van der Waals surface area contributed by atoms with Gasteiger partial charge in [0.2, 0.25) is 5.88 Å². The Morgan fingerprint density at radius 2 is 2.14 bits per heavy atom. The van der Waals surface area contributed by atoms with Gasteiger partial charge in [0.15, 0.2) is 0 Å². The Bertz CT molecular complexity index is 535. The summed E-state index contributed by atoms with van der Waals surface area (Å²) >= 11 is 0.